The molecule has 1 heterocycles. The molecule has 1 aliphatic carbocycles. The Bertz CT molecular complexity index is 3120. The number of anilines is 2. The number of aromatic nitrogens is 1. The van der Waals surface area contributed by atoms with Crippen LogP contribution in [0.1, 0.15) is 95.1 Å². The molecule has 0 spiro atoms. The Morgan fingerprint density at radius 1 is 0.742 bits per heavy atom. The second-order valence-corrected chi connectivity index (χ2v) is 19.7. The first-order chi connectivity index (χ1) is 27.9. The summed E-state index contributed by atoms with van der Waals surface area (Å²) < 4.78 is 82.8. The Hall–Kier alpha value is -3.93. The number of pyridine rings is 1. The number of carbonyl (C=O) groups is 2. The van der Waals surface area contributed by atoms with Crippen molar-refractivity contribution in [1.29, 1.82) is 0 Å². The first kappa shape index (κ1) is 49.1. The van der Waals surface area contributed by atoms with Gasteiger partial charge in [-0.3, -0.25) is 14.4 Å². The molecule has 0 radical (unpaired) electrons. The fourth-order valence-corrected chi connectivity index (χ4v) is 10.3. The zero-order chi connectivity index (χ0) is 43.9. The maximum absolute atomic E-state index is 14.8. The second-order valence-electron chi connectivity index (χ2n) is 17.1. The molecule has 2 N–H and O–H groups in total. The summed E-state index contributed by atoms with van der Waals surface area (Å²) in [4.78, 5) is 45.0. The number of fused-ring (bicyclic) bond motifs is 2. The molecule has 0 saturated carbocycles. The van der Waals surface area contributed by atoms with Crippen LogP contribution in [0, 0.1) is 26.2 Å². The molecule has 310 valence electrons. The molecule has 62 heavy (non-hydrogen) atoms. The van der Waals surface area contributed by atoms with Gasteiger partial charge in [0.25, 0.3) is 5.56 Å². The van der Waals surface area contributed by atoms with E-state index in [2.05, 4.69) is 10.3 Å². The van der Waals surface area contributed by atoms with Gasteiger partial charge in [0.2, 0.25) is 0 Å². The van der Waals surface area contributed by atoms with Crippen molar-refractivity contribution in [3.8, 4) is 22.6 Å². The molecular formula is C46H42N2Na2O10S2. The van der Waals surface area contributed by atoms with Crippen LogP contribution >= 0.6 is 0 Å². The van der Waals surface area contributed by atoms with E-state index in [1.807, 2.05) is 34.6 Å². The summed E-state index contributed by atoms with van der Waals surface area (Å²) >= 11 is 0. The van der Waals surface area contributed by atoms with Crippen molar-refractivity contribution < 1.29 is 99.4 Å². The fourth-order valence-electron chi connectivity index (χ4n) is 8.75. The number of H-pyrrole nitrogens is 1. The van der Waals surface area contributed by atoms with Crippen molar-refractivity contribution in [1.82, 2.24) is 4.98 Å². The summed E-state index contributed by atoms with van der Waals surface area (Å²) in [6.07, 6.45) is 0.635. The molecule has 0 saturated heterocycles. The molecule has 0 fully saturated rings. The van der Waals surface area contributed by atoms with Gasteiger partial charge in [-0.1, -0.05) is 101 Å². The van der Waals surface area contributed by atoms with E-state index in [1.165, 1.54) is 38.1 Å². The SMILES string of the molecule is Cc1cc(C)c(S(=O)(=O)[O-])c(C)c1Nc1cc(Oc2ccc(C(C)(C)CC(C)(C)C)cc2S(=O)(=O)[O-])c2[nH]c(=O)c(C(=O)c3ccccc3)c3c2c1C(=O)c1ccccc1-3.[Na+].[Na+]. The molecule has 0 unspecified atom stereocenters. The van der Waals surface area contributed by atoms with Crippen LogP contribution in [0.4, 0.5) is 11.4 Å². The van der Waals surface area contributed by atoms with Crippen LogP contribution in [0.3, 0.4) is 0 Å². The Kier molecular flexibility index (Phi) is 13.9. The average molecular weight is 893 g/mol. The molecule has 5 aromatic carbocycles. The number of aryl methyl sites for hydroxylation is 2. The molecule has 1 aromatic heterocycles. The Balaban J connectivity index is 0.00000363. The van der Waals surface area contributed by atoms with Crippen LogP contribution in [0.25, 0.3) is 22.0 Å². The summed E-state index contributed by atoms with van der Waals surface area (Å²) in [5.41, 5.74) is 0.255. The maximum atomic E-state index is 14.8. The van der Waals surface area contributed by atoms with Gasteiger partial charge in [0.15, 0.2) is 17.3 Å². The van der Waals surface area contributed by atoms with Gasteiger partial charge in [0, 0.05) is 33.8 Å². The van der Waals surface area contributed by atoms with E-state index in [0.717, 1.165) is 0 Å². The maximum Gasteiger partial charge on any atom is 1.00 e. The van der Waals surface area contributed by atoms with Gasteiger partial charge in [0.1, 0.15) is 26.0 Å². The minimum absolute atomic E-state index is 0. The third-order valence-corrected chi connectivity index (χ3v) is 12.8. The summed E-state index contributed by atoms with van der Waals surface area (Å²) in [5, 5.41) is 3.23. The smallest absolute Gasteiger partial charge is 0.744 e. The van der Waals surface area contributed by atoms with Gasteiger partial charge in [-0.25, -0.2) is 16.8 Å². The summed E-state index contributed by atoms with van der Waals surface area (Å²) in [6, 6.07) is 21.7. The number of carbonyl (C=O) groups excluding carboxylic acids is 2. The van der Waals surface area contributed by atoms with E-state index in [1.54, 1.807) is 67.6 Å². The molecule has 0 amide bonds. The van der Waals surface area contributed by atoms with Crippen molar-refractivity contribution in [2.75, 3.05) is 5.32 Å². The van der Waals surface area contributed by atoms with Crippen LogP contribution in [0.15, 0.2) is 99.5 Å². The van der Waals surface area contributed by atoms with Crippen molar-refractivity contribution in [2.24, 2.45) is 5.41 Å². The number of rotatable bonds is 10. The Labute approximate surface area is 405 Å². The first-order valence-electron chi connectivity index (χ1n) is 19.0. The molecule has 12 nitrogen and oxygen atoms in total. The monoisotopic (exact) mass is 892 g/mol. The van der Waals surface area contributed by atoms with Crippen molar-refractivity contribution in [3.05, 3.63) is 140 Å². The normalized spacial score (nSPS) is 12.6. The second kappa shape index (κ2) is 17.6. The van der Waals surface area contributed by atoms with Crippen LogP contribution in [-0.4, -0.2) is 42.5 Å². The number of hydrogen-bond donors (Lipinski definition) is 2. The average Bonchev–Trinajstić information content (AvgIpc) is 3.14. The molecular weight excluding hydrogens is 851 g/mol. The quantitative estimate of drug-likeness (QED) is 0.116. The molecule has 0 aliphatic heterocycles. The van der Waals surface area contributed by atoms with Crippen LogP contribution < -0.4 is 74.7 Å². The van der Waals surface area contributed by atoms with Crippen LogP contribution in [0.5, 0.6) is 11.5 Å². The van der Waals surface area contributed by atoms with Crippen molar-refractivity contribution >= 4 is 54.1 Å². The van der Waals surface area contributed by atoms with Gasteiger partial charge >= 0.3 is 59.1 Å². The van der Waals surface area contributed by atoms with Gasteiger partial charge in [0.05, 0.1) is 32.1 Å². The number of nitrogens with one attached hydrogen (secondary N) is 2. The summed E-state index contributed by atoms with van der Waals surface area (Å²) in [7, 11) is -10.2. The number of aromatic amines is 1. The largest absolute Gasteiger partial charge is 1.00 e. The van der Waals surface area contributed by atoms with E-state index in [0.29, 0.717) is 17.5 Å². The number of benzene rings is 5. The number of ketones is 2. The fraction of sp³-hybridized carbons (Fsp3) is 0.239. The topological polar surface area (TPSA) is 203 Å². The Morgan fingerprint density at radius 2 is 1.35 bits per heavy atom. The zero-order valence-corrected chi connectivity index (χ0v) is 41.8. The predicted molar refractivity (Wildman–Crippen MR) is 227 cm³/mol. The van der Waals surface area contributed by atoms with Gasteiger partial charge < -0.3 is 24.1 Å². The third kappa shape index (κ3) is 9.18. The molecule has 0 bridgehead atoms. The standard InChI is InChI=1S/C46H44N2O10S2.2Na/c1-24-20-25(2)43(60(55,56)57)26(3)39(24)47-31-22-33(58-32-19-18-28(21-34(32)59(52,53)54)46(7,8)23-45(4,5)6)40-37-35(29-16-12-13-17-30(29)42(50)36(31)37)38(44(51)48-40)41(49)27-14-10-9-11-15-27;;/h9-22,47H,23H2,1-8H3,(H,48,51)(H,52,53,54)(H,55,56,57);;/q;2*+1/p-2. The third-order valence-electron chi connectivity index (χ3n) is 10.8. The first-order valence-corrected chi connectivity index (χ1v) is 21.8. The summed E-state index contributed by atoms with van der Waals surface area (Å²) in [5.74, 6) is -1.77. The van der Waals surface area contributed by atoms with Gasteiger partial charge in [-0.15, -0.1) is 0 Å². The van der Waals surface area contributed by atoms with E-state index >= 15 is 0 Å². The predicted octanol–water partition coefficient (Wildman–Crippen LogP) is 2.96. The van der Waals surface area contributed by atoms with Crippen molar-refractivity contribution in [2.45, 2.75) is 77.0 Å². The Morgan fingerprint density at radius 3 is 1.95 bits per heavy atom. The van der Waals surface area contributed by atoms with E-state index in [9.17, 15) is 40.3 Å². The minimum atomic E-state index is -5.19. The van der Waals surface area contributed by atoms with E-state index in [4.69, 9.17) is 4.74 Å². The van der Waals surface area contributed by atoms with Crippen LogP contribution in [0.2, 0.25) is 0 Å². The van der Waals surface area contributed by atoms with Gasteiger partial charge in [-0.2, -0.15) is 0 Å². The van der Waals surface area contributed by atoms with Crippen molar-refractivity contribution in [3.63, 3.8) is 0 Å². The molecule has 7 rings (SSSR count). The minimum Gasteiger partial charge on any atom is -0.744 e. The van der Waals surface area contributed by atoms with Crippen LogP contribution in [-0.2, 0) is 25.7 Å². The molecule has 6 aromatic rings. The molecule has 0 atom stereocenters. The number of hydrogen-bond acceptors (Lipinski definition) is 11. The molecule has 16 heteroatoms. The number of ether oxygens (including phenoxy) is 1. The van der Waals surface area contributed by atoms with E-state index < -0.39 is 52.6 Å². The van der Waals surface area contributed by atoms with E-state index in [-0.39, 0.29) is 143 Å². The van der Waals surface area contributed by atoms with Gasteiger partial charge in [-0.05, 0) is 78.0 Å². The molecule has 1 aliphatic rings. The summed E-state index contributed by atoms with van der Waals surface area (Å²) in [6.45, 7) is 14.6. The zero-order valence-electron chi connectivity index (χ0n) is 36.2.